The molecule has 0 aliphatic rings. The fourth-order valence-electron chi connectivity index (χ4n) is 1.62. The Morgan fingerprint density at radius 3 is 3.00 bits per heavy atom. The molecule has 0 unspecified atom stereocenters. The molecule has 3 rings (SSSR count). The zero-order valence-electron chi connectivity index (χ0n) is 10.7. The fourth-order valence-corrected chi connectivity index (χ4v) is 2.81. The molecule has 3 heterocycles. The van der Waals surface area contributed by atoms with Gasteiger partial charge in [-0.3, -0.25) is 4.79 Å². The SMILES string of the molecule is O=C(CCn1nc(-c2cccs2)oc1=O)Nc1nccs1. The highest BCUT2D eigenvalue weighted by atomic mass is 32.1. The molecule has 0 saturated carbocycles. The van der Waals surface area contributed by atoms with E-state index in [1.165, 1.54) is 22.7 Å². The van der Waals surface area contributed by atoms with E-state index < -0.39 is 5.76 Å². The number of hydrogen-bond acceptors (Lipinski definition) is 7. The summed E-state index contributed by atoms with van der Waals surface area (Å²) in [4.78, 5) is 28.1. The molecule has 0 atom stereocenters. The molecule has 0 spiro atoms. The number of carbonyl (C=O) groups is 1. The number of nitrogens with zero attached hydrogens (tertiary/aromatic N) is 3. The Hall–Kier alpha value is -2.26. The van der Waals surface area contributed by atoms with Crippen LogP contribution in [0, 0.1) is 0 Å². The van der Waals surface area contributed by atoms with Crippen molar-refractivity contribution in [1.29, 1.82) is 0 Å². The van der Waals surface area contributed by atoms with Crippen molar-refractivity contribution >= 4 is 33.7 Å². The number of aromatic nitrogens is 3. The van der Waals surface area contributed by atoms with Crippen LogP contribution in [0.2, 0.25) is 0 Å². The molecular weight excluding hydrogens is 312 g/mol. The molecule has 7 nitrogen and oxygen atoms in total. The third-order valence-electron chi connectivity index (χ3n) is 2.57. The predicted octanol–water partition coefficient (Wildman–Crippen LogP) is 2.05. The van der Waals surface area contributed by atoms with E-state index in [1.54, 1.807) is 11.6 Å². The van der Waals surface area contributed by atoms with Crippen molar-refractivity contribution in [3.63, 3.8) is 0 Å². The molecule has 3 aromatic rings. The van der Waals surface area contributed by atoms with Gasteiger partial charge < -0.3 is 9.73 Å². The number of anilines is 1. The molecule has 0 fully saturated rings. The summed E-state index contributed by atoms with van der Waals surface area (Å²) in [5.74, 6) is -0.520. The first-order chi connectivity index (χ1) is 10.2. The van der Waals surface area contributed by atoms with Crippen molar-refractivity contribution in [3.8, 4) is 10.8 Å². The van der Waals surface area contributed by atoms with Crippen LogP contribution in [0.1, 0.15) is 6.42 Å². The van der Waals surface area contributed by atoms with Gasteiger partial charge in [-0.15, -0.1) is 27.8 Å². The maximum Gasteiger partial charge on any atom is 0.437 e. The Balaban J connectivity index is 1.63. The Bertz CT molecular complexity index is 774. The molecule has 0 aromatic carbocycles. The van der Waals surface area contributed by atoms with Gasteiger partial charge in [-0.05, 0) is 11.4 Å². The van der Waals surface area contributed by atoms with Gasteiger partial charge in [0.15, 0.2) is 5.13 Å². The van der Waals surface area contributed by atoms with Gasteiger partial charge >= 0.3 is 5.76 Å². The van der Waals surface area contributed by atoms with Crippen LogP contribution in [-0.4, -0.2) is 20.7 Å². The molecule has 1 N–H and O–H groups in total. The zero-order chi connectivity index (χ0) is 14.7. The Labute approximate surface area is 126 Å². The number of hydrogen-bond donors (Lipinski definition) is 1. The van der Waals surface area contributed by atoms with E-state index in [9.17, 15) is 9.59 Å². The standard InChI is InChI=1S/C12H10N4O3S2/c17-9(14-11-13-4-7-21-11)3-5-16-12(18)19-10(15-16)8-2-1-6-20-8/h1-2,4,6-7H,3,5H2,(H,13,14,17). The lowest BCUT2D eigenvalue weighted by Gasteiger charge is -2.00. The minimum Gasteiger partial charge on any atom is -0.387 e. The molecule has 0 bridgehead atoms. The number of carbonyl (C=O) groups excluding carboxylic acids is 1. The van der Waals surface area contributed by atoms with Crippen molar-refractivity contribution in [2.24, 2.45) is 0 Å². The molecule has 1 amide bonds. The first-order valence-electron chi connectivity index (χ1n) is 6.03. The first-order valence-corrected chi connectivity index (χ1v) is 7.79. The van der Waals surface area contributed by atoms with Crippen molar-refractivity contribution in [1.82, 2.24) is 14.8 Å². The molecule has 108 valence electrons. The van der Waals surface area contributed by atoms with Gasteiger partial charge in [0.25, 0.3) is 5.89 Å². The number of thiophene rings is 1. The minimum absolute atomic E-state index is 0.121. The van der Waals surface area contributed by atoms with Crippen LogP contribution in [0.4, 0.5) is 5.13 Å². The number of amides is 1. The van der Waals surface area contributed by atoms with Crippen LogP contribution in [0.3, 0.4) is 0 Å². The summed E-state index contributed by atoms with van der Waals surface area (Å²) in [6.07, 6.45) is 1.73. The van der Waals surface area contributed by atoms with Crippen LogP contribution in [0.15, 0.2) is 38.3 Å². The van der Waals surface area contributed by atoms with E-state index in [2.05, 4.69) is 15.4 Å². The van der Waals surface area contributed by atoms with E-state index >= 15 is 0 Å². The second kappa shape index (κ2) is 6.02. The van der Waals surface area contributed by atoms with Crippen molar-refractivity contribution < 1.29 is 9.21 Å². The second-order valence-electron chi connectivity index (χ2n) is 4.01. The molecule has 0 aliphatic heterocycles. The van der Waals surface area contributed by atoms with E-state index in [0.29, 0.717) is 5.13 Å². The third kappa shape index (κ3) is 3.26. The lowest BCUT2D eigenvalue weighted by atomic mass is 10.4. The highest BCUT2D eigenvalue weighted by Crippen LogP contribution is 2.21. The van der Waals surface area contributed by atoms with E-state index in [1.807, 2.05) is 17.5 Å². The largest absolute Gasteiger partial charge is 0.437 e. The second-order valence-corrected chi connectivity index (χ2v) is 5.85. The quantitative estimate of drug-likeness (QED) is 0.776. The number of rotatable bonds is 5. The van der Waals surface area contributed by atoms with Crippen molar-refractivity contribution in [3.05, 3.63) is 39.6 Å². The van der Waals surface area contributed by atoms with E-state index in [4.69, 9.17) is 4.42 Å². The van der Waals surface area contributed by atoms with E-state index in [0.717, 1.165) is 9.56 Å². The zero-order valence-corrected chi connectivity index (χ0v) is 12.3. The fraction of sp³-hybridized carbons (Fsp3) is 0.167. The highest BCUT2D eigenvalue weighted by molar-refractivity contribution is 7.13. The van der Waals surface area contributed by atoms with Gasteiger partial charge in [-0.25, -0.2) is 9.78 Å². The lowest BCUT2D eigenvalue weighted by Crippen LogP contribution is -2.20. The van der Waals surface area contributed by atoms with Crippen molar-refractivity contribution in [2.45, 2.75) is 13.0 Å². The van der Waals surface area contributed by atoms with E-state index in [-0.39, 0.29) is 24.8 Å². The van der Waals surface area contributed by atoms with Crippen LogP contribution in [-0.2, 0) is 11.3 Å². The third-order valence-corrected chi connectivity index (χ3v) is 4.11. The maximum absolute atomic E-state index is 11.7. The van der Waals surface area contributed by atoms with Crippen LogP contribution in [0.25, 0.3) is 10.8 Å². The number of aryl methyl sites for hydroxylation is 1. The van der Waals surface area contributed by atoms with Gasteiger partial charge in [-0.2, -0.15) is 4.68 Å². The normalized spacial score (nSPS) is 10.7. The van der Waals surface area contributed by atoms with Crippen molar-refractivity contribution in [2.75, 3.05) is 5.32 Å². The molecule has 0 saturated heterocycles. The Kier molecular flexibility index (Phi) is 3.93. The van der Waals surface area contributed by atoms with Crippen LogP contribution >= 0.6 is 22.7 Å². The summed E-state index contributed by atoms with van der Waals surface area (Å²) in [6.45, 7) is 0.158. The van der Waals surface area contributed by atoms with Gasteiger partial charge in [0, 0.05) is 18.0 Å². The molecule has 3 aromatic heterocycles. The van der Waals surface area contributed by atoms with Gasteiger partial charge in [0.2, 0.25) is 5.91 Å². The number of thiazole rings is 1. The first kappa shape index (κ1) is 13.7. The molecule has 21 heavy (non-hydrogen) atoms. The van der Waals surface area contributed by atoms with Gasteiger partial charge in [0.1, 0.15) is 0 Å². The Morgan fingerprint density at radius 1 is 1.38 bits per heavy atom. The summed E-state index contributed by atoms with van der Waals surface area (Å²) >= 11 is 2.76. The van der Waals surface area contributed by atoms with Gasteiger partial charge in [-0.1, -0.05) is 6.07 Å². The van der Waals surface area contributed by atoms with Crippen LogP contribution < -0.4 is 11.1 Å². The van der Waals surface area contributed by atoms with Gasteiger partial charge in [0.05, 0.1) is 11.4 Å². The molecular formula is C12H10N4O3S2. The average Bonchev–Trinajstić information content (AvgIpc) is 3.17. The monoisotopic (exact) mass is 322 g/mol. The van der Waals surface area contributed by atoms with Crippen LogP contribution in [0.5, 0.6) is 0 Å². The summed E-state index contributed by atoms with van der Waals surface area (Å²) < 4.78 is 6.21. The molecule has 0 radical (unpaired) electrons. The summed E-state index contributed by atoms with van der Waals surface area (Å²) in [6, 6.07) is 3.66. The average molecular weight is 322 g/mol. The number of nitrogens with one attached hydrogen (secondary N) is 1. The minimum atomic E-state index is -0.569. The Morgan fingerprint density at radius 2 is 2.29 bits per heavy atom. The smallest absolute Gasteiger partial charge is 0.387 e. The lowest BCUT2D eigenvalue weighted by molar-refractivity contribution is -0.116. The summed E-state index contributed by atoms with van der Waals surface area (Å²) in [5.41, 5.74) is 0. The maximum atomic E-state index is 11.7. The topological polar surface area (TPSA) is 90.0 Å². The highest BCUT2D eigenvalue weighted by Gasteiger charge is 2.12. The molecule has 0 aliphatic carbocycles. The summed E-state index contributed by atoms with van der Waals surface area (Å²) in [5, 5.41) is 10.9. The molecule has 9 heteroatoms. The predicted molar refractivity (Wildman–Crippen MR) is 79.4 cm³/mol. The summed E-state index contributed by atoms with van der Waals surface area (Å²) in [7, 11) is 0.